The van der Waals surface area contributed by atoms with Crippen LogP contribution in [0.2, 0.25) is 0 Å². The number of nitrogens with one attached hydrogen (secondary N) is 3. The zero-order chi connectivity index (χ0) is 21.7. The minimum Gasteiger partial charge on any atom is -0.480 e. The Morgan fingerprint density at radius 2 is 1.61 bits per heavy atom. The number of rotatable bonds is 14. The highest BCUT2D eigenvalue weighted by Gasteiger charge is 2.29. The number of primary amides is 1. The molecule has 0 aromatic heterocycles. The minimum absolute atomic E-state index is 0.0960. The summed E-state index contributed by atoms with van der Waals surface area (Å²) < 4.78 is 0. The van der Waals surface area contributed by atoms with Gasteiger partial charge in [0.1, 0.15) is 12.1 Å². The molecular weight excluding hydrogens is 368 g/mol. The maximum absolute atomic E-state index is 12.5. The predicted octanol–water partition coefficient (Wildman–Crippen LogP) is -1.40. The molecule has 10 N–H and O–H groups in total. The van der Waals surface area contributed by atoms with Crippen LogP contribution in [-0.4, -0.2) is 60.1 Å². The molecule has 0 heterocycles. The number of nitrogens with two attached hydrogens (primary N) is 3. The molecule has 11 heteroatoms. The summed E-state index contributed by atoms with van der Waals surface area (Å²) in [4.78, 5) is 46.8. The van der Waals surface area contributed by atoms with Crippen LogP contribution in [0.25, 0.3) is 0 Å². The average Bonchev–Trinajstić information content (AvgIpc) is 2.61. The number of hydrogen-bond acceptors (Lipinski definition) is 6. The maximum Gasteiger partial charge on any atom is 0.326 e. The molecule has 3 atom stereocenters. The van der Waals surface area contributed by atoms with Crippen LogP contribution in [-0.2, 0) is 14.4 Å². The third kappa shape index (κ3) is 10.7. The maximum atomic E-state index is 12.5. The van der Waals surface area contributed by atoms with Crippen molar-refractivity contribution in [3.63, 3.8) is 0 Å². The third-order valence-electron chi connectivity index (χ3n) is 4.14. The number of carboxylic acids is 1. The van der Waals surface area contributed by atoms with Crippen molar-refractivity contribution in [1.82, 2.24) is 16.0 Å². The molecule has 0 spiro atoms. The van der Waals surface area contributed by atoms with Crippen LogP contribution in [0.15, 0.2) is 0 Å². The topological polar surface area (TPSA) is 203 Å². The molecule has 0 saturated carbocycles. The largest absolute Gasteiger partial charge is 0.480 e. The molecule has 0 aliphatic rings. The zero-order valence-electron chi connectivity index (χ0n) is 16.6. The molecule has 28 heavy (non-hydrogen) atoms. The monoisotopic (exact) mass is 402 g/mol. The van der Waals surface area contributed by atoms with Gasteiger partial charge in [-0.05, 0) is 38.1 Å². The van der Waals surface area contributed by atoms with E-state index in [4.69, 9.17) is 17.2 Å². The van der Waals surface area contributed by atoms with Gasteiger partial charge in [0.15, 0.2) is 0 Å². The van der Waals surface area contributed by atoms with E-state index in [0.717, 1.165) is 6.42 Å². The summed E-state index contributed by atoms with van der Waals surface area (Å²) in [5, 5.41) is 16.7. The van der Waals surface area contributed by atoms with Gasteiger partial charge < -0.3 is 38.3 Å². The van der Waals surface area contributed by atoms with Crippen molar-refractivity contribution in [2.45, 2.75) is 64.1 Å². The lowest BCUT2D eigenvalue weighted by atomic mass is 10.0. The Kier molecular flexibility index (Phi) is 12.5. The highest BCUT2D eigenvalue weighted by molar-refractivity contribution is 5.91. The Hall–Kier alpha value is -2.40. The summed E-state index contributed by atoms with van der Waals surface area (Å²) in [6.45, 7) is 4.17. The number of carboxylic acid groups (broad SMARTS) is 1. The Morgan fingerprint density at radius 1 is 0.964 bits per heavy atom. The smallest absolute Gasteiger partial charge is 0.326 e. The predicted molar refractivity (Wildman–Crippen MR) is 104 cm³/mol. The Bertz CT molecular complexity index is 528. The molecule has 0 aromatic carbocycles. The fraction of sp³-hybridized carbons (Fsp3) is 0.765. The van der Waals surface area contributed by atoms with Crippen LogP contribution >= 0.6 is 0 Å². The fourth-order valence-corrected chi connectivity index (χ4v) is 2.47. The van der Waals surface area contributed by atoms with E-state index in [1.165, 1.54) is 0 Å². The molecule has 0 rings (SSSR count). The van der Waals surface area contributed by atoms with Gasteiger partial charge in [0, 0.05) is 6.54 Å². The van der Waals surface area contributed by atoms with Gasteiger partial charge in [-0.1, -0.05) is 20.3 Å². The number of carbonyl (C=O) groups is 4. The summed E-state index contributed by atoms with van der Waals surface area (Å²) in [7, 11) is 0. The van der Waals surface area contributed by atoms with E-state index < -0.39 is 41.9 Å². The second kappa shape index (κ2) is 13.7. The lowest BCUT2D eigenvalue weighted by Crippen LogP contribution is -2.56. The molecule has 162 valence electrons. The molecule has 0 aliphatic carbocycles. The third-order valence-corrected chi connectivity index (χ3v) is 4.14. The second-order valence-corrected chi connectivity index (χ2v) is 6.95. The van der Waals surface area contributed by atoms with E-state index in [1.54, 1.807) is 13.8 Å². The van der Waals surface area contributed by atoms with Crippen molar-refractivity contribution >= 4 is 23.8 Å². The Morgan fingerprint density at radius 3 is 2.11 bits per heavy atom. The lowest BCUT2D eigenvalue weighted by Gasteiger charge is -2.25. The van der Waals surface area contributed by atoms with Gasteiger partial charge in [-0.15, -0.1) is 0 Å². The summed E-state index contributed by atoms with van der Waals surface area (Å²) in [5.74, 6) is -2.55. The van der Waals surface area contributed by atoms with Crippen LogP contribution in [0.4, 0.5) is 4.79 Å². The van der Waals surface area contributed by atoms with Crippen LogP contribution in [0.5, 0.6) is 0 Å². The van der Waals surface area contributed by atoms with Crippen molar-refractivity contribution in [1.29, 1.82) is 0 Å². The van der Waals surface area contributed by atoms with Crippen LogP contribution in [0.1, 0.15) is 46.0 Å². The minimum atomic E-state index is -1.21. The van der Waals surface area contributed by atoms with Crippen LogP contribution in [0.3, 0.4) is 0 Å². The molecule has 0 unspecified atom stereocenters. The molecule has 0 saturated heterocycles. The van der Waals surface area contributed by atoms with Crippen molar-refractivity contribution in [3.8, 4) is 0 Å². The number of unbranched alkanes of at least 4 members (excludes halogenated alkanes) is 1. The van der Waals surface area contributed by atoms with E-state index >= 15 is 0 Å². The lowest BCUT2D eigenvalue weighted by molar-refractivity contribution is -0.142. The van der Waals surface area contributed by atoms with Gasteiger partial charge >= 0.3 is 12.0 Å². The molecular formula is C17H34N6O5. The first-order valence-electron chi connectivity index (χ1n) is 9.42. The van der Waals surface area contributed by atoms with Gasteiger partial charge in [-0.25, -0.2) is 9.59 Å². The molecule has 0 aliphatic heterocycles. The Balaban J connectivity index is 4.77. The SMILES string of the molecule is CC(C)[C@H](NC(=O)[C@@H](N)CCCCN)C(=O)N[C@@H](CCCNC(N)=O)C(=O)O. The first kappa shape index (κ1) is 25.6. The Labute approximate surface area is 165 Å². The normalized spacial score (nSPS) is 14.0. The molecule has 11 nitrogen and oxygen atoms in total. The number of hydrogen-bond donors (Lipinski definition) is 7. The fourth-order valence-electron chi connectivity index (χ4n) is 2.47. The second-order valence-electron chi connectivity index (χ2n) is 6.95. The molecule has 0 bridgehead atoms. The van der Waals surface area contributed by atoms with E-state index in [1.807, 2.05) is 0 Å². The first-order valence-corrected chi connectivity index (χ1v) is 9.42. The number of amides is 4. The molecule has 4 amide bonds. The molecule has 0 radical (unpaired) electrons. The number of aliphatic carboxylic acids is 1. The van der Waals surface area contributed by atoms with Crippen molar-refractivity contribution in [2.75, 3.05) is 13.1 Å². The molecule has 0 fully saturated rings. The number of carbonyl (C=O) groups excluding carboxylic acids is 3. The van der Waals surface area contributed by atoms with E-state index in [0.29, 0.717) is 25.8 Å². The van der Waals surface area contributed by atoms with Gasteiger partial charge in [-0.3, -0.25) is 9.59 Å². The summed E-state index contributed by atoms with van der Waals surface area (Å²) in [6, 6.07) is -3.55. The summed E-state index contributed by atoms with van der Waals surface area (Å²) in [5.41, 5.74) is 16.2. The molecule has 0 aromatic rings. The standard InChI is InChI=1S/C17H34N6O5/c1-10(2)13(23-14(24)11(19)6-3-4-8-18)15(25)22-12(16(26)27)7-5-9-21-17(20)28/h10-13H,3-9,18-19H2,1-2H3,(H,22,25)(H,23,24)(H,26,27)(H3,20,21,28)/t11-,12-,13-/m0/s1. The first-order chi connectivity index (χ1) is 13.1. The quantitative estimate of drug-likeness (QED) is 0.173. The van der Waals surface area contributed by atoms with Crippen molar-refractivity contribution in [2.24, 2.45) is 23.1 Å². The van der Waals surface area contributed by atoms with E-state index in [-0.39, 0.29) is 18.9 Å². The highest BCUT2D eigenvalue weighted by Crippen LogP contribution is 2.06. The summed E-state index contributed by atoms with van der Waals surface area (Å²) >= 11 is 0. The van der Waals surface area contributed by atoms with E-state index in [9.17, 15) is 24.3 Å². The van der Waals surface area contributed by atoms with Gasteiger partial charge in [0.05, 0.1) is 6.04 Å². The van der Waals surface area contributed by atoms with Gasteiger partial charge in [0.2, 0.25) is 11.8 Å². The zero-order valence-corrected chi connectivity index (χ0v) is 16.6. The number of urea groups is 1. The highest BCUT2D eigenvalue weighted by atomic mass is 16.4. The van der Waals surface area contributed by atoms with Gasteiger partial charge in [0.25, 0.3) is 0 Å². The van der Waals surface area contributed by atoms with Crippen molar-refractivity contribution < 1.29 is 24.3 Å². The van der Waals surface area contributed by atoms with E-state index in [2.05, 4.69) is 16.0 Å². The van der Waals surface area contributed by atoms with Gasteiger partial charge in [-0.2, -0.15) is 0 Å². The van der Waals surface area contributed by atoms with Crippen LogP contribution < -0.4 is 33.2 Å². The van der Waals surface area contributed by atoms with Crippen molar-refractivity contribution in [3.05, 3.63) is 0 Å². The van der Waals surface area contributed by atoms with Crippen LogP contribution in [0, 0.1) is 5.92 Å². The average molecular weight is 402 g/mol. The summed E-state index contributed by atoms with van der Waals surface area (Å²) in [6.07, 6.45) is 2.30.